The third kappa shape index (κ3) is 4.43. The molecule has 0 fully saturated rings. The van der Waals surface area contributed by atoms with Crippen LogP contribution < -0.4 is 4.74 Å². The Labute approximate surface area is 140 Å². The Bertz CT molecular complexity index is 817. The molecule has 0 spiro atoms. The summed E-state index contributed by atoms with van der Waals surface area (Å²) in [5.74, 6) is -0.745. The fraction of sp³-hybridized carbons (Fsp3) is 0.0500. The number of carbonyl (C=O) groups excluding carboxylic acids is 1. The van der Waals surface area contributed by atoms with Crippen molar-refractivity contribution in [3.05, 3.63) is 90.5 Å². The largest absolute Gasteiger partial charge is 0.509 e. The van der Waals surface area contributed by atoms with Crippen LogP contribution in [0, 0.1) is 12.7 Å². The second kappa shape index (κ2) is 7.42. The molecule has 0 aromatic heterocycles. The summed E-state index contributed by atoms with van der Waals surface area (Å²) in [5.41, 5.74) is 2.21. The first-order valence-corrected chi connectivity index (χ1v) is 7.20. The average Bonchev–Trinajstić information content (AvgIpc) is 2.55. The maximum Gasteiger partial charge on any atom is 0.342 e. The Kier molecular flexibility index (Phi) is 5.32. The van der Waals surface area contributed by atoms with Crippen molar-refractivity contribution in [3.63, 3.8) is 0 Å². The minimum atomic E-state index is -0.637. The molecule has 4 heteroatoms. The van der Waals surface area contributed by atoms with Gasteiger partial charge in [-0.25, -0.2) is 9.18 Å². The quantitative estimate of drug-likeness (QED) is 0.280. The van der Waals surface area contributed by atoms with Gasteiger partial charge in [-0.15, -0.1) is 0 Å². The van der Waals surface area contributed by atoms with Crippen LogP contribution in [0.25, 0.3) is 11.1 Å². The summed E-state index contributed by atoms with van der Waals surface area (Å²) in [4.78, 5) is 11.8. The van der Waals surface area contributed by atoms with Gasteiger partial charge in [-0.3, -0.25) is 0 Å². The minimum Gasteiger partial charge on any atom is -0.509 e. The highest BCUT2D eigenvalue weighted by Gasteiger charge is 2.08. The van der Waals surface area contributed by atoms with Gasteiger partial charge < -0.3 is 9.84 Å². The molecule has 2 rings (SSSR count). The molecule has 122 valence electrons. The lowest BCUT2D eigenvalue weighted by molar-refractivity contribution is -0.129. The van der Waals surface area contributed by atoms with Crippen LogP contribution in [0.1, 0.15) is 5.56 Å². The maximum absolute atomic E-state index is 13.6. The number of benzene rings is 2. The van der Waals surface area contributed by atoms with Crippen LogP contribution in [-0.2, 0) is 4.79 Å². The van der Waals surface area contributed by atoms with Gasteiger partial charge in [0.05, 0.1) is 5.57 Å². The van der Waals surface area contributed by atoms with Crippen molar-refractivity contribution in [2.45, 2.75) is 6.92 Å². The summed E-state index contributed by atoms with van der Waals surface area (Å²) in [6.45, 7) is 8.52. The van der Waals surface area contributed by atoms with E-state index < -0.39 is 5.97 Å². The van der Waals surface area contributed by atoms with E-state index in [2.05, 4.69) is 13.2 Å². The van der Waals surface area contributed by atoms with Gasteiger partial charge in [0.15, 0.2) is 0 Å². The minimum absolute atomic E-state index is 0.0786. The van der Waals surface area contributed by atoms with Crippen molar-refractivity contribution in [2.75, 3.05) is 0 Å². The van der Waals surface area contributed by atoms with E-state index >= 15 is 0 Å². The standard InChI is InChI=1S/C20H17FO3/c1-13-5-7-17(12-19(13)21)16-8-10-18(11-9-16)24-20(23)14(2)4-6-15(3)22/h4-12,22H,2-3H2,1H3/b6-4-. The predicted molar refractivity (Wildman–Crippen MR) is 92.3 cm³/mol. The SMILES string of the molecule is C=C(O)/C=C\C(=C)C(=O)Oc1ccc(-c2ccc(C)c(F)c2)cc1. The summed E-state index contributed by atoms with van der Waals surface area (Å²) in [6, 6.07) is 11.7. The molecule has 2 aromatic carbocycles. The van der Waals surface area contributed by atoms with Gasteiger partial charge in [-0.2, -0.15) is 0 Å². The van der Waals surface area contributed by atoms with Gasteiger partial charge in [0.25, 0.3) is 0 Å². The van der Waals surface area contributed by atoms with E-state index in [0.29, 0.717) is 11.3 Å². The molecule has 24 heavy (non-hydrogen) atoms. The summed E-state index contributed by atoms with van der Waals surface area (Å²) in [7, 11) is 0. The van der Waals surface area contributed by atoms with Crippen molar-refractivity contribution in [1.82, 2.24) is 0 Å². The number of aryl methyl sites for hydroxylation is 1. The Hall–Kier alpha value is -3.14. The molecule has 0 unspecified atom stereocenters. The molecule has 0 amide bonds. The van der Waals surface area contributed by atoms with E-state index in [0.717, 1.165) is 11.1 Å². The first-order chi connectivity index (χ1) is 11.4. The monoisotopic (exact) mass is 324 g/mol. The lowest BCUT2D eigenvalue weighted by Gasteiger charge is -2.07. The number of ether oxygens (including phenoxy) is 1. The number of carbonyl (C=O) groups is 1. The Morgan fingerprint density at radius 3 is 2.29 bits per heavy atom. The van der Waals surface area contributed by atoms with Crippen LogP contribution in [0.4, 0.5) is 4.39 Å². The van der Waals surface area contributed by atoms with Crippen LogP contribution in [0.3, 0.4) is 0 Å². The number of hydrogen-bond acceptors (Lipinski definition) is 3. The molecule has 0 atom stereocenters. The van der Waals surface area contributed by atoms with E-state index in [1.807, 2.05) is 6.07 Å². The third-order valence-electron chi connectivity index (χ3n) is 3.31. The number of rotatable bonds is 5. The molecule has 0 aliphatic rings. The van der Waals surface area contributed by atoms with E-state index in [1.54, 1.807) is 37.3 Å². The molecule has 0 bridgehead atoms. The number of esters is 1. The Morgan fingerprint density at radius 2 is 1.71 bits per heavy atom. The Balaban J connectivity index is 2.09. The highest BCUT2D eigenvalue weighted by Crippen LogP contribution is 2.24. The lowest BCUT2D eigenvalue weighted by Crippen LogP contribution is -2.08. The molecule has 0 saturated carbocycles. The van der Waals surface area contributed by atoms with Gasteiger partial charge in [0.1, 0.15) is 17.3 Å². The van der Waals surface area contributed by atoms with E-state index in [9.17, 15) is 9.18 Å². The molecular formula is C20H17FO3. The van der Waals surface area contributed by atoms with Crippen LogP contribution >= 0.6 is 0 Å². The molecule has 3 nitrogen and oxygen atoms in total. The van der Waals surface area contributed by atoms with Gasteiger partial charge >= 0.3 is 5.97 Å². The number of aliphatic hydroxyl groups is 1. The summed E-state index contributed by atoms with van der Waals surface area (Å²) in [6.07, 6.45) is 2.56. The van der Waals surface area contributed by atoms with Crippen molar-refractivity contribution in [3.8, 4) is 16.9 Å². The molecule has 0 heterocycles. The molecule has 1 N–H and O–H groups in total. The fourth-order valence-corrected chi connectivity index (χ4v) is 1.93. The van der Waals surface area contributed by atoms with Crippen LogP contribution in [-0.4, -0.2) is 11.1 Å². The zero-order valence-electron chi connectivity index (χ0n) is 13.3. The van der Waals surface area contributed by atoms with Crippen LogP contribution in [0.2, 0.25) is 0 Å². The van der Waals surface area contributed by atoms with Gasteiger partial charge in [-0.05, 0) is 54.0 Å². The first-order valence-electron chi connectivity index (χ1n) is 7.20. The highest BCUT2D eigenvalue weighted by molar-refractivity contribution is 5.92. The zero-order chi connectivity index (χ0) is 17.7. The normalized spacial score (nSPS) is 10.6. The smallest absolute Gasteiger partial charge is 0.342 e. The van der Waals surface area contributed by atoms with Gasteiger partial charge in [-0.1, -0.05) is 37.4 Å². The van der Waals surface area contributed by atoms with Gasteiger partial charge in [0, 0.05) is 0 Å². The number of allylic oxidation sites excluding steroid dienone is 1. The fourth-order valence-electron chi connectivity index (χ4n) is 1.93. The molecule has 0 aliphatic heterocycles. The van der Waals surface area contributed by atoms with Crippen LogP contribution in [0.15, 0.2) is 79.1 Å². The van der Waals surface area contributed by atoms with Crippen molar-refractivity contribution < 1.29 is 19.0 Å². The predicted octanol–water partition coefficient (Wildman–Crippen LogP) is 4.89. The van der Waals surface area contributed by atoms with Gasteiger partial charge in [0.2, 0.25) is 0 Å². The zero-order valence-corrected chi connectivity index (χ0v) is 13.3. The number of aliphatic hydroxyl groups excluding tert-OH is 1. The molecule has 0 radical (unpaired) electrons. The molecule has 0 aliphatic carbocycles. The average molecular weight is 324 g/mol. The second-order valence-corrected chi connectivity index (χ2v) is 5.23. The second-order valence-electron chi connectivity index (χ2n) is 5.23. The van der Waals surface area contributed by atoms with Crippen LogP contribution in [0.5, 0.6) is 5.75 Å². The Morgan fingerprint density at radius 1 is 1.08 bits per heavy atom. The summed E-state index contributed by atoms with van der Waals surface area (Å²) in [5, 5.41) is 8.95. The summed E-state index contributed by atoms with van der Waals surface area (Å²) >= 11 is 0. The summed E-state index contributed by atoms with van der Waals surface area (Å²) < 4.78 is 18.8. The highest BCUT2D eigenvalue weighted by atomic mass is 19.1. The number of hydrogen-bond donors (Lipinski definition) is 1. The molecular weight excluding hydrogens is 307 g/mol. The molecule has 2 aromatic rings. The van der Waals surface area contributed by atoms with E-state index in [1.165, 1.54) is 18.2 Å². The van der Waals surface area contributed by atoms with Crippen molar-refractivity contribution >= 4 is 5.97 Å². The van der Waals surface area contributed by atoms with Crippen molar-refractivity contribution in [1.29, 1.82) is 0 Å². The lowest BCUT2D eigenvalue weighted by atomic mass is 10.0. The molecule has 0 saturated heterocycles. The van der Waals surface area contributed by atoms with E-state index in [-0.39, 0.29) is 17.1 Å². The van der Waals surface area contributed by atoms with Crippen molar-refractivity contribution in [2.24, 2.45) is 0 Å². The van der Waals surface area contributed by atoms with E-state index in [4.69, 9.17) is 9.84 Å². The topological polar surface area (TPSA) is 46.5 Å². The third-order valence-corrected chi connectivity index (χ3v) is 3.31. The maximum atomic E-state index is 13.6. The first kappa shape index (κ1) is 17.2. The number of halogens is 1.